The molecule has 3 heterocycles. The minimum Gasteiger partial charge on any atom is -0.461 e. The van der Waals surface area contributed by atoms with Crippen molar-refractivity contribution in [3.8, 4) is 17.3 Å². The zero-order valence-corrected chi connectivity index (χ0v) is 17.7. The van der Waals surface area contributed by atoms with Gasteiger partial charge in [0.15, 0.2) is 5.76 Å². The van der Waals surface area contributed by atoms with Crippen LogP contribution in [-0.4, -0.2) is 28.7 Å². The monoisotopic (exact) mass is 443 g/mol. The molecule has 2 aromatic carbocycles. The fourth-order valence-corrected chi connectivity index (χ4v) is 3.80. The summed E-state index contributed by atoms with van der Waals surface area (Å²) in [5.41, 5.74) is 1.02. The Hall–Kier alpha value is -4.46. The van der Waals surface area contributed by atoms with Crippen molar-refractivity contribution in [3.05, 3.63) is 87.8 Å². The second kappa shape index (κ2) is 7.59. The largest absolute Gasteiger partial charge is 0.461 e. The molecule has 1 atom stereocenters. The van der Waals surface area contributed by atoms with E-state index >= 15 is 0 Å². The van der Waals surface area contributed by atoms with Crippen LogP contribution >= 0.6 is 0 Å². The normalized spacial score (nSPS) is 13.9. The molecule has 164 valence electrons. The van der Waals surface area contributed by atoms with Crippen LogP contribution in [0.3, 0.4) is 0 Å². The number of aryl methyl sites for hydroxylation is 1. The number of esters is 1. The molecule has 8 heteroatoms. The Morgan fingerprint density at radius 1 is 0.970 bits per heavy atom. The lowest BCUT2D eigenvalue weighted by molar-refractivity contribution is -0.138. The second-order valence-electron chi connectivity index (χ2n) is 7.69. The number of ether oxygens (including phenoxy) is 1. The molecular weight excluding hydrogens is 426 g/mol. The minimum absolute atomic E-state index is 0.0639. The van der Waals surface area contributed by atoms with E-state index in [9.17, 15) is 19.2 Å². The Morgan fingerprint density at radius 3 is 2.30 bits per heavy atom. The minimum atomic E-state index is -1.28. The summed E-state index contributed by atoms with van der Waals surface area (Å²) in [6.45, 7) is 3.21. The fraction of sp³-hybridized carbons (Fsp3) is 0.120. The van der Waals surface area contributed by atoms with Crippen molar-refractivity contribution in [3.63, 3.8) is 0 Å². The zero-order chi connectivity index (χ0) is 23.3. The second-order valence-corrected chi connectivity index (χ2v) is 7.69. The SMILES string of the molecule is Cc1ccc2c(=O)c(OC(=O)C(C)N3C(=O)c4ccccc4C3=O)c(-c3ccco3)oc2c1. The summed E-state index contributed by atoms with van der Waals surface area (Å²) in [6, 6.07) is 13.2. The average Bonchev–Trinajstić information content (AvgIpc) is 3.42. The number of furan rings is 1. The van der Waals surface area contributed by atoms with Gasteiger partial charge in [-0.1, -0.05) is 18.2 Å². The molecule has 1 aliphatic heterocycles. The van der Waals surface area contributed by atoms with E-state index < -0.39 is 29.3 Å². The van der Waals surface area contributed by atoms with Gasteiger partial charge in [0.2, 0.25) is 16.9 Å². The molecule has 0 N–H and O–H groups in total. The highest BCUT2D eigenvalue weighted by Crippen LogP contribution is 2.32. The van der Waals surface area contributed by atoms with Crippen LogP contribution in [0.25, 0.3) is 22.5 Å². The maximum Gasteiger partial charge on any atom is 0.334 e. The number of nitrogens with zero attached hydrogens (tertiary/aromatic N) is 1. The summed E-state index contributed by atoms with van der Waals surface area (Å²) in [5.74, 6) is -2.43. The average molecular weight is 443 g/mol. The van der Waals surface area contributed by atoms with Gasteiger partial charge in [-0.25, -0.2) is 4.79 Å². The van der Waals surface area contributed by atoms with Crippen molar-refractivity contribution in [2.24, 2.45) is 0 Å². The third-order valence-electron chi connectivity index (χ3n) is 5.51. The van der Waals surface area contributed by atoms with Gasteiger partial charge in [-0.3, -0.25) is 19.3 Å². The Bertz CT molecular complexity index is 1460. The van der Waals surface area contributed by atoms with Crippen molar-refractivity contribution < 1.29 is 28.0 Å². The number of benzene rings is 2. The van der Waals surface area contributed by atoms with Crippen LogP contribution < -0.4 is 10.2 Å². The highest BCUT2D eigenvalue weighted by molar-refractivity contribution is 6.22. The number of hydrogen-bond acceptors (Lipinski definition) is 7. The summed E-state index contributed by atoms with van der Waals surface area (Å²) in [5, 5.41) is 0.215. The molecule has 0 aliphatic carbocycles. The maximum atomic E-state index is 13.2. The van der Waals surface area contributed by atoms with E-state index in [1.54, 1.807) is 42.5 Å². The molecule has 0 spiro atoms. The number of hydrogen-bond donors (Lipinski definition) is 0. The first-order chi connectivity index (χ1) is 15.9. The van der Waals surface area contributed by atoms with E-state index in [0.29, 0.717) is 5.58 Å². The van der Waals surface area contributed by atoms with Crippen molar-refractivity contribution in [1.29, 1.82) is 0 Å². The lowest BCUT2D eigenvalue weighted by Gasteiger charge is -2.21. The molecule has 0 bridgehead atoms. The van der Waals surface area contributed by atoms with Crippen LogP contribution in [0, 0.1) is 6.92 Å². The topological polar surface area (TPSA) is 107 Å². The van der Waals surface area contributed by atoms with Crippen LogP contribution in [0.4, 0.5) is 0 Å². The van der Waals surface area contributed by atoms with Gasteiger partial charge in [-0.15, -0.1) is 0 Å². The Labute approximate surface area is 187 Å². The first-order valence-corrected chi connectivity index (χ1v) is 10.2. The first kappa shape index (κ1) is 20.4. The summed E-state index contributed by atoms with van der Waals surface area (Å²) < 4.78 is 16.7. The lowest BCUT2D eigenvalue weighted by atomic mass is 10.1. The number of fused-ring (bicyclic) bond motifs is 2. The standard InChI is InChI=1S/C25H17NO7/c1-13-9-10-17-19(12-13)32-21(18-8-5-11-31-18)22(20(17)27)33-25(30)14(2)26-23(28)15-6-3-4-7-16(15)24(26)29/h3-12,14H,1-2H3. The van der Waals surface area contributed by atoms with Gasteiger partial charge >= 0.3 is 5.97 Å². The van der Waals surface area contributed by atoms with Gasteiger partial charge in [0.1, 0.15) is 11.6 Å². The highest BCUT2D eigenvalue weighted by Gasteiger charge is 2.41. The van der Waals surface area contributed by atoms with Crippen LogP contribution in [0.1, 0.15) is 33.2 Å². The third-order valence-corrected chi connectivity index (χ3v) is 5.51. The van der Waals surface area contributed by atoms with E-state index in [1.807, 2.05) is 6.92 Å². The first-order valence-electron chi connectivity index (χ1n) is 10.2. The van der Waals surface area contributed by atoms with E-state index in [2.05, 4.69) is 0 Å². The van der Waals surface area contributed by atoms with E-state index in [-0.39, 0.29) is 33.8 Å². The number of rotatable bonds is 4. The Morgan fingerprint density at radius 2 is 1.67 bits per heavy atom. The molecule has 8 nitrogen and oxygen atoms in total. The van der Waals surface area contributed by atoms with Crippen molar-refractivity contribution in [1.82, 2.24) is 4.90 Å². The molecule has 0 saturated carbocycles. The van der Waals surface area contributed by atoms with Crippen LogP contribution in [0.5, 0.6) is 5.75 Å². The summed E-state index contributed by atoms with van der Waals surface area (Å²) in [6.07, 6.45) is 1.39. The quantitative estimate of drug-likeness (QED) is 0.347. The number of carbonyl (C=O) groups excluding carboxylic acids is 3. The zero-order valence-electron chi connectivity index (χ0n) is 17.7. The fourth-order valence-electron chi connectivity index (χ4n) is 3.80. The molecule has 0 radical (unpaired) electrons. The third kappa shape index (κ3) is 3.23. The van der Waals surface area contributed by atoms with Crippen LogP contribution in [0.2, 0.25) is 0 Å². The van der Waals surface area contributed by atoms with E-state index in [0.717, 1.165) is 10.5 Å². The summed E-state index contributed by atoms with van der Waals surface area (Å²) in [7, 11) is 0. The van der Waals surface area contributed by atoms with E-state index in [4.69, 9.17) is 13.6 Å². The predicted octanol–water partition coefficient (Wildman–Crippen LogP) is 3.95. The smallest absolute Gasteiger partial charge is 0.334 e. The molecule has 2 aromatic heterocycles. The van der Waals surface area contributed by atoms with Gasteiger partial charge in [0.05, 0.1) is 22.8 Å². The van der Waals surface area contributed by atoms with Gasteiger partial charge in [0.25, 0.3) is 11.8 Å². The molecule has 33 heavy (non-hydrogen) atoms. The molecule has 1 aliphatic rings. The molecular formula is C25H17NO7. The highest BCUT2D eigenvalue weighted by atomic mass is 16.5. The molecule has 0 fully saturated rings. The van der Waals surface area contributed by atoms with Gasteiger partial charge in [0, 0.05) is 0 Å². The number of carbonyl (C=O) groups is 3. The lowest BCUT2D eigenvalue weighted by Crippen LogP contribution is -2.45. The molecule has 1 unspecified atom stereocenters. The number of amides is 2. The van der Waals surface area contributed by atoms with Gasteiger partial charge < -0.3 is 13.6 Å². The van der Waals surface area contributed by atoms with Gasteiger partial charge in [-0.2, -0.15) is 0 Å². The maximum absolute atomic E-state index is 13.2. The molecule has 5 rings (SSSR count). The van der Waals surface area contributed by atoms with Crippen molar-refractivity contribution >= 4 is 28.8 Å². The number of imide groups is 1. The predicted molar refractivity (Wildman–Crippen MR) is 117 cm³/mol. The molecule has 0 saturated heterocycles. The van der Waals surface area contributed by atoms with Crippen LogP contribution in [0.15, 0.2) is 74.5 Å². The summed E-state index contributed by atoms with van der Waals surface area (Å²) in [4.78, 5) is 52.5. The molecule has 4 aromatic rings. The molecule has 2 amide bonds. The summed E-state index contributed by atoms with van der Waals surface area (Å²) >= 11 is 0. The van der Waals surface area contributed by atoms with E-state index in [1.165, 1.54) is 25.3 Å². The Kier molecular flexibility index (Phi) is 4.70. The van der Waals surface area contributed by atoms with Crippen LogP contribution in [-0.2, 0) is 4.79 Å². The van der Waals surface area contributed by atoms with Crippen molar-refractivity contribution in [2.75, 3.05) is 0 Å². The Balaban J connectivity index is 1.55. The van der Waals surface area contributed by atoms with Gasteiger partial charge in [-0.05, 0) is 55.8 Å². The van der Waals surface area contributed by atoms with Crippen molar-refractivity contribution in [2.45, 2.75) is 19.9 Å².